The lowest BCUT2D eigenvalue weighted by molar-refractivity contribution is -0.00879. The second-order valence-corrected chi connectivity index (χ2v) is 9.70. The number of piperidine rings is 1. The Labute approximate surface area is 208 Å². The van der Waals surface area contributed by atoms with Crippen LogP contribution in [0.25, 0.3) is 0 Å². The summed E-state index contributed by atoms with van der Waals surface area (Å²) in [5.41, 5.74) is 0.740. The van der Waals surface area contributed by atoms with Gasteiger partial charge in [-0.25, -0.2) is 14.0 Å². The predicted molar refractivity (Wildman–Crippen MR) is 133 cm³/mol. The fraction of sp³-hybridized carbons (Fsp3) is 0.692. The minimum absolute atomic E-state index is 0.0204. The van der Waals surface area contributed by atoms with Crippen LogP contribution in [0.2, 0.25) is 0 Å². The van der Waals surface area contributed by atoms with Gasteiger partial charge in [0.15, 0.2) is 0 Å². The van der Waals surface area contributed by atoms with Crippen LogP contribution in [0.3, 0.4) is 0 Å². The van der Waals surface area contributed by atoms with Gasteiger partial charge in [0, 0.05) is 38.1 Å². The average Bonchev–Trinajstić information content (AvgIpc) is 3.37. The minimum atomic E-state index is -0.523. The Balaban J connectivity index is 1.62. The second-order valence-electron chi connectivity index (χ2n) is 9.70. The van der Waals surface area contributed by atoms with Crippen LogP contribution in [0, 0.1) is 17.7 Å². The van der Waals surface area contributed by atoms with Crippen molar-refractivity contribution in [2.24, 2.45) is 11.8 Å². The van der Waals surface area contributed by atoms with Crippen LogP contribution in [0.1, 0.15) is 56.6 Å². The number of urea groups is 1. The number of likely N-dealkylation sites (tertiary alicyclic amines) is 1. The van der Waals surface area contributed by atoms with E-state index in [0.29, 0.717) is 19.0 Å². The molecule has 1 aliphatic heterocycles. The number of rotatable bonds is 11. The van der Waals surface area contributed by atoms with Crippen LogP contribution < -0.4 is 16.0 Å². The molecular weight excluding hydrogens is 451 g/mol. The van der Waals surface area contributed by atoms with E-state index < -0.39 is 6.09 Å². The molecule has 1 aliphatic carbocycles. The monoisotopic (exact) mass is 492 g/mol. The molecule has 3 N–H and O–H groups in total. The lowest BCUT2D eigenvalue weighted by Gasteiger charge is -2.38. The highest BCUT2D eigenvalue weighted by atomic mass is 19.1. The molecule has 9 heteroatoms. The maximum atomic E-state index is 14.0. The van der Waals surface area contributed by atoms with Crippen LogP contribution in [-0.4, -0.2) is 70.0 Å². The fourth-order valence-electron chi connectivity index (χ4n) is 5.39. The van der Waals surface area contributed by atoms with Crippen LogP contribution in [0.15, 0.2) is 24.3 Å². The van der Waals surface area contributed by atoms with Gasteiger partial charge in [-0.15, -0.1) is 0 Å². The number of nitrogens with zero attached hydrogens (tertiary/aromatic N) is 1. The summed E-state index contributed by atoms with van der Waals surface area (Å²) in [4.78, 5) is 26.4. The van der Waals surface area contributed by atoms with Crippen molar-refractivity contribution in [1.82, 2.24) is 20.9 Å². The normalized spacial score (nSPS) is 20.3. The number of halogens is 1. The van der Waals surface area contributed by atoms with Crippen LogP contribution in [-0.2, 0) is 9.47 Å². The Hall–Kier alpha value is -2.39. The van der Waals surface area contributed by atoms with E-state index >= 15 is 0 Å². The van der Waals surface area contributed by atoms with Crippen LogP contribution in [0.4, 0.5) is 14.0 Å². The van der Waals surface area contributed by atoms with Gasteiger partial charge in [-0.3, -0.25) is 0 Å². The fourth-order valence-corrected chi connectivity index (χ4v) is 5.39. The second kappa shape index (κ2) is 14.2. The number of likely N-dealkylation sites (N-methyl/N-ethyl adjacent to an activating group) is 1. The molecule has 1 aromatic rings. The summed E-state index contributed by atoms with van der Waals surface area (Å²) in [7, 11) is 3.23. The zero-order valence-electron chi connectivity index (χ0n) is 21.1. The third kappa shape index (κ3) is 8.65. The number of hydrogen-bond acceptors (Lipinski definition) is 5. The van der Waals surface area contributed by atoms with Crippen LogP contribution >= 0.6 is 0 Å². The summed E-state index contributed by atoms with van der Waals surface area (Å²) in [6, 6.07) is 6.49. The highest BCUT2D eigenvalue weighted by molar-refractivity contribution is 5.74. The van der Waals surface area contributed by atoms with Gasteiger partial charge in [0.2, 0.25) is 0 Å². The van der Waals surface area contributed by atoms with Crippen molar-refractivity contribution in [3.63, 3.8) is 0 Å². The van der Waals surface area contributed by atoms with Crippen molar-refractivity contribution >= 4 is 12.1 Å². The van der Waals surface area contributed by atoms with Gasteiger partial charge in [-0.1, -0.05) is 37.8 Å². The molecule has 0 unspecified atom stereocenters. The van der Waals surface area contributed by atoms with Gasteiger partial charge in [0.25, 0.3) is 0 Å². The van der Waals surface area contributed by atoms with E-state index in [-0.39, 0.29) is 43.1 Å². The van der Waals surface area contributed by atoms with Crippen molar-refractivity contribution in [3.05, 3.63) is 35.6 Å². The van der Waals surface area contributed by atoms with Gasteiger partial charge in [0.05, 0.1) is 19.8 Å². The first-order valence-corrected chi connectivity index (χ1v) is 12.9. The number of amides is 3. The predicted octanol–water partition coefficient (Wildman–Crippen LogP) is 3.83. The van der Waals surface area contributed by atoms with E-state index in [2.05, 4.69) is 20.7 Å². The topological polar surface area (TPSA) is 91.9 Å². The third-order valence-electron chi connectivity index (χ3n) is 7.08. The Morgan fingerprint density at radius 3 is 2.71 bits per heavy atom. The molecule has 3 rings (SSSR count). The molecular formula is C26H41FN4O4. The van der Waals surface area contributed by atoms with Crippen molar-refractivity contribution in [3.8, 4) is 0 Å². The van der Waals surface area contributed by atoms with Gasteiger partial charge in [0.1, 0.15) is 5.82 Å². The van der Waals surface area contributed by atoms with E-state index in [9.17, 15) is 14.0 Å². The van der Waals surface area contributed by atoms with E-state index in [0.717, 1.165) is 31.4 Å². The third-order valence-corrected chi connectivity index (χ3v) is 7.08. The summed E-state index contributed by atoms with van der Waals surface area (Å²) in [5.74, 6) is 0.384. The Morgan fingerprint density at radius 2 is 2.00 bits per heavy atom. The first kappa shape index (κ1) is 27.2. The molecule has 0 aromatic heterocycles. The average molecular weight is 493 g/mol. The van der Waals surface area contributed by atoms with E-state index in [4.69, 9.17) is 4.74 Å². The van der Waals surface area contributed by atoms with Gasteiger partial charge in [-0.2, -0.15) is 0 Å². The number of carbonyl (C=O) groups excluding carboxylic acids is 2. The molecule has 2 fully saturated rings. The number of benzene rings is 1. The smallest absolute Gasteiger partial charge is 0.406 e. The zero-order chi connectivity index (χ0) is 25.0. The molecule has 1 aromatic carbocycles. The van der Waals surface area contributed by atoms with Crippen molar-refractivity contribution in [1.29, 1.82) is 0 Å². The van der Waals surface area contributed by atoms with Gasteiger partial charge in [-0.05, 0) is 49.9 Å². The molecule has 0 spiro atoms. The standard InChI is InChI=1S/C26H41FN4O4/c1-28-17-23(15-19-7-3-4-8-19)30-25(32)31-13-6-10-21(18-31)24(20-9-5-11-22(27)16-20)35-14-12-29-26(33)34-2/h5,9,11,16,19,21,23-24,28H,3-4,6-8,10,12-15,17-18H2,1-2H3,(H,29,33)(H,30,32)/t21-,23+,24+/m1/s1. The molecule has 35 heavy (non-hydrogen) atoms. The highest BCUT2D eigenvalue weighted by Gasteiger charge is 2.32. The zero-order valence-corrected chi connectivity index (χ0v) is 21.1. The highest BCUT2D eigenvalue weighted by Crippen LogP contribution is 2.33. The first-order valence-electron chi connectivity index (χ1n) is 12.9. The number of hydrogen-bond donors (Lipinski definition) is 3. The molecule has 1 saturated carbocycles. The number of alkyl carbamates (subject to hydrolysis) is 1. The molecule has 1 saturated heterocycles. The Kier molecular flexibility index (Phi) is 11.1. The Bertz CT molecular complexity index is 805. The molecule has 196 valence electrons. The Morgan fingerprint density at radius 1 is 1.20 bits per heavy atom. The summed E-state index contributed by atoms with van der Waals surface area (Å²) >= 11 is 0. The number of methoxy groups -OCH3 is 1. The molecule has 0 radical (unpaired) electrons. The molecule has 0 bridgehead atoms. The van der Waals surface area contributed by atoms with Crippen molar-refractivity contribution < 1.29 is 23.5 Å². The summed E-state index contributed by atoms with van der Waals surface area (Å²) < 4.78 is 24.8. The molecule has 1 heterocycles. The van der Waals surface area contributed by atoms with Crippen LogP contribution in [0.5, 0.6) is 0 Å². The largest absolute Gasteiger partial charge is 0.453 e. The molecule has 2 aliphatic rings. The summed E-state index contributed by atoms with van der Waals surface area (Å²) in [6.45, 7) is 2.51. The van der Waals surface area contributed by atoms with E-state index in [1.807, 2.05) is 18.0 Å². The number of carbonyl (C=O) groups is 2. The minimum Gasteiger partial charge on any atom is -0.453 e. The summed E-state index contributed by atoms with van der Waals surface area (Å²) in [6.07, 6.45) is 6.90. The quantitative estimate of drug-likeness (QED) is 0.409. The maximum Gasteiger partial charge on any atom is 0.406 e. The van der Waals surface area contributed by atoms with E-state index in [1.54, 1.807) is 6.07 Å². The molecule has 3 atom stereocenters. The van der Waals surface area contributed by atoms with Gasteiger partial charge >= 0.3 is 12.1 Å². The number of ether oxygens (including phenoxy) is 2. The van der Waals surface area contributed by atoms with Crippen molar-refractivity contribution in [2.45, 2.75) is 57.1 Å². The lowest BCUT2D eigenvalue weighted by atomic mass is 9.88. The van der Waals surface area contributed by atoms with Gasteiger partial charge < -0.3 is 30.3 Å². The molecule has 8 nitrogen and oxygen atoms in total. The maximum absolute atomic E-state index is 14.0. The molecule has 3 amide bonds. The van der Waals surface area contributed by atoms with E-state index in [1.165, 1.54) is 44.9 Å². The SMILES string of the molecule is CNC[C@H](CC1CCCC1)NC(=O)N1CCC[C@@H]([C@@H](OCCNC(=O)OC)c2cccc(F)c2)C1. The first-order chi connectivity index (χ1) is 17.0. The number of nitrogens with one attached hydrogen (secondary N) is 3. The lowest BCUT2D eigenvalue weighted by Crippen LogP contribution is -2.51. The van der Waals surface area contributed by atoms with Crippen molar-refractivity contribution in [2.75, 3.05) is 46.9 Å². The summed E-state index contributed by atoms with van der Waals surface area (Å²) in [5, 5.41) is 9.08.